The lowest BCUT2D eigenvalue weighted by Gasteiger charge is -2.29. The average molecular weight is 287 g/mol. The van der Waals surface area contributed by atoms with Crippen LogP contribution in [0.2, 0.25) is 0 Å². The number of nitrogens with zero attached hydrogens (tertiary/aromatic N) is 1. The lowest BCUT2D eigenvalue weighted by molar-refractivity contribution is -0.145. The molecule has 114 valence electrons. The van der Waals surface area contributed by atoms with Crippen molar-refractivity contribution in [3.05, 3.63) is 0 Å². The van der Waals surface area contributed by atoms with Crippen molar-refractivity contribution in [3.8, 4) is 0 Å². The molecule has 0 aromatic rings. The van der Waals surface area contributed by atoms with E-state index in [2.05, 4.69) is 15.5 Å². The van der Waals surface area contributed by atoms with Crippen LogP contribution in [-0.4, -0.2) is 65.8 Å². The Hall–Kier alpha value is -1.83. The maximum atomic E-state index is 11.6. The standard InChI is InChI=1S/C12H21N3O5/c1-15-4-2-3-8(7-15)6-13-12(20)14-9(11(18)19)5-10(16)17/h8-9H,2-7H2,1H3,(H,16,17)(H,18,19)(H2,13,14,20)/t8?,9-/m0/s1. The van der Waals surface area contributed by atoms with E-state index in [4.69, 9.17) is 10.2 Å². The smallest absolute Gasteiger partial charge is 0.326 e. The first-order chi connectivity index (χ1) is 9.38. The Labute approximate surface area is 117 Å². The Morgan fingerprint density at radius 3 is 2.60 bits per heavy atom. The highest BCUT2D eigenvalue weighted by Crippen LogP contribution is 2.13. The van der Waals surface area contributed by atoms with Crippen LogP contribution in [0.25, 0.3) is 0 Å². The first-order valence-electron chi connectivity index (χ1n) is 6.56. The molecule has 0 bridgehead atoms. The molecule has 1 heterocycles. The van der Waals surface area contributed by atoms with Crippen molar-refractivity contribution in [2.75, 3.05) is 26.7 Å². The van der Waals surface area contributed by atoms with Gasteiger partial charge in [0.25, 0.3) is 0 Å². The fourth-order valence-electron chi connectivity index (χ4n) is 2.26. The molecule has 20 heavy (non-hydrogen) atoms. The highest BCUT2D eigenvalue weighted by atomic mass is 16.4. The van der Waals surface area contributed by atoms with Crippen LogP contribution in [0.15, 0.2) is 0 Å². The van der Waals surface area contributed by atoms with E-state index in [9.17, 15) is 14.4 Å². The minimum absolute atomic E-state index is 0.335. The van der Waals surface area contributed by atoms with Gasteiger partial charge in [0, 0.05) is 13.1 Å². The van der Waals surface area contributed by atoms with Gasteiger partial charge < -0.3 is 25.7 Å². The molecule has 1 aliphatic rings. The van der Waals surface area contributed by atoms with E-state index in [1.165, 1.54) is 0 Å². The van der Waals surface area contributed by atoms with Gasteiger partial charge in [-0.2, -0.15) is 0 Å². The largest absolute Gasteiger partial charge is 0.481 e. The van der Waals surface area contributed by atoms with Gasteiger partial charge in [-0.3, -0.25) is 4.79 Å². The molecule has 1 saturated heterocycles. The van der Waals surface area contributed by atoms with Crippen LogP contribution in [0.3, 0.4) is 0 Å². The monoisotopic (exact) mass is 287 g/mol. The molecular weight excluding hydrogens is 266 g/mol. The number of nitrogens with one attached hydrogen (secondary N) is 2. The van der Waals surface area contributed by atoms with Crippen molar-refractivity contribution < 1.29 is 24.6 Å². The van der Waals surface area contributed by atoms with Gasteiger partial charge in [0.1, 0.15) is 6.04 Å². The maximum Gasteiger partial charge on any atom is 0.326 e. The normalized spacial score (nSPS) is 20.9. The van der Waals surface area contributed by atoms with Gasteiger partial charge in [-0.1, -0.05) is 0 Å². The molecule has 4 N–H and O–H groups in total. The van der Waals surface area contributed by atoms with Gasteiger partial charge >= 0.3 is 18.0 Å². The molecule has 0 radical (unpaired) electrons. The van der Waals surface area contributed by atoms with Crippen molar-refractivity contribution >= 4 is 18.0 Å². The van der Waals surface area contributed by atoms with E-state index < -0.39 is 30.4 Å². The van der Waals surface area contributed by atoms with Crippen molar-refractivity contribution in [1.82, 2.24) is 15.5 Å². The van der Waals surface area contributed by atoms with E-state index in [1.807, 2.05) is 7.05 Å². The van der Waals surface area contributed by atoms with Gasteiger partial charge in [-0.15, -0.1) is 0 Å². The summed E-state index contributed by atoms with van der Waals surface area (Å²) in [5.74, 6) is -2.30. The van der Waals surface area contributed by atoms with Gasteiger partial charge in [0.2, 0.25) is 0 Å². The number of carboxylic acids is 2. The molecular formula is C12H21N3O5. The molecule has 8 nitrogen and oxygen atoms in total. The molecule has 0 aromatic heterocycles. The molecule has 0 saturated carbocycles. The summed E-state index contributed by atoms with van der Waals surface area (Å²) in [5.41, 5.74) is 0. The second-order valence-corrected chi connectivity index (χ2v) is 5.11. The van der Waals surface area contributed by atoms with Crippen LogP contribution in [-0.2, 0) is 9.59 Å². The summed E-state index contributed by atoms with van der Waals surface area (Å²) < 4.78 is 0. The number of urea groups is 1. The fraction of sp³-hybridized carbons (Fsp3) is 0.750. The number of carbonyl (C=O) groups excluding carboxylic acids is 1. The number of aliphatic carboxylic acids is 2. The minimum Gasteiger partial charge on any atom is -0.481 e. The average Bonchev–Trinajstić information content (AvgIpc) is 2.35. The summed E-state index contributed by atoms with van der Waals surface area (Å²) in [5, 5.41) is 22.1. The summed E-state index contributed by atoms with van der Waals surface area (Å²) in [6.45, 7) is 2.38. The van der Waals surface area contributed by atoms with E-state index in [1.54, 1.807) is 0 Å². The second kappa shape index (κ2) is 7.68. The third kappa shape index (κ3) is 5.87. The molecule has 1 aliphatic heterocycles. The van der Waals surface area contributed by atoms with Crippen molar-refractivity contribution in [2.24, 2.45) is 5.92 Å². The van der Waals surface area contributed by atoms with Crippen molar-refractivity contribution in [3.63, 3.8) is 0 Å². The zero-order chi connectivity index (χ0) is 15.1. The van der Waals surface area contributed by atoms with Crippen LogP contribution in [0.4, 0.5) is 4.79 Å². The van der Waals surface area contributed by atoms with Crippen LogP contribution < -0.4 is 10.6 Å². The molecule has 0 aromatic carbocycles. The van der Waals surface area contributed by atoms with Crippen LogP contribution >= 0.6 is 0 Å². The number of amides is 2. The summed E-state index contributed by atoms with van der Waals surface area (Å²) >= 11 is 0. The van der Waals surface area contributed by atoms with Gasteiger partial charge in [0.05, 0.1) is 6.42 Å². The predicted molar refractivity (Wildman–Crippen MR) is 70.4 cm³/mol. The number of carboxylic acid groups (broad SMARTS) is 2. The molecule has 0 aliphatic carbocycles. The zero-order valence-corrected chi connectivity index (χ0v) is 11.5. The number of carbonyl (C=O) groups is 3. The van der Waals surface area contributed by atoms with Crippen molar-refractivity contribution in [1.29, 1.82) is 0 Å². The number of hydrogen-bond acceptors (Lipinski definition) is 4. The van der Waals surface area contributed by atoms with Crippen molar-refractivity contribution in [2.45, 2.75) is 25.3 Å². The van der Waals surface area contributed by atoms with Gasteiger partial charge in [-0.05, 0) is 32.4 Å². The highest BCUT2D eigenvalue weighted by Gasteiger charge is 2.23. The van der Waals surface area contributed by atoms with Gasteiger partial charge in [-0.25, -0.2) is 9.59 Å². The third-order valence-corrected chi connectivity index (χ3v) is 3.26. The molecule has 2 amide bonds. The molecule has 1 unspecified atom stereocenters. The van der Waals surface area contributed by atoms with Gasteiger partial charge in [0.15, 0.2) is 0 Å². The molecule has 8 heteroatoms. The highest BCUT2D eigenvalue weighted by molar-refractivity contribution is 5.86. The lowest BCUT2D eigenvalue weighted by Crippen LogP contribution is -2.49. The number of piperidine rings is 1. The van der Waals surface area contributed by atoms with E-state index >= 15 is 0 Å². The summed E-state index contributed by atoms with van der Waals surface area (Å²) in [4.78, 5) is 35.1. The Kier molecular flexibility index (Phi) is 6.23. The Morgan fingerprint density at radius 1 is 1.35 bits per heavy atom. The number of rotatable bonds is 6. The Balaban J connectivity index is 2.34. The Bertz CT molecular complexity index is 374. The third-order valence-electron chi connectivity index (χ3n) is 3.26. The summed E-state index contributed by atoms with van der Waals surface area (Å²) in [6.07, 6.45) is 1.44. The second-order valence-electron chi connectivity index (χ2n) is 5.11. The van der Waals surface area contributed by atoms with E-state index in [-0.39, 0.29) is 0 Å². The topological polar surface area (TPSA) is 119 Å². The Morgan fingerprint density at radius 2 is 2.05 bits per heavy atom. The molecule has 2 atom stereocenters. The van der Waals surface area contributed by atoms with Crippen LogP contribution in [0.5, 0.6) is 0 Å². The van der Waals surface area contributed by atoms with E-state index in [0.717, 1.165) is 25.9 Å². The number of likely N-dealkylation sites (tertiary alicyclic amines) is 1. The van der Waals surface area contributed by atoms with E-state index in [0.29, 0.717) is 12.5 Å². The molecule has 1 rings (SSSR count). The molecule has 0 spiro atoms. The maximum absolute atomic E-state index is 11.6. The first-order valence-corrected chi connectivity index (χ1v) is 6.56. The quantitative estimate of drug-likeness (QED) is 0.525. The summed E-state index contributed by atoms with van der Waals surface area (Å²) in [6, 6.07) is -2.06. The van der Waals surface area contributed by atoms with Crippen LogP contribution in [0, 0.1) is 5.92 Å². The minimum atomic E-state index is -1.42. The molecule has 1 fully saturated rings. The fourth-order valence-corrected chi connectivity index (χ4v) is 2.26. The SMILES string of the molecule is CN1CCCC(CNC(=O)N[C@@H](CC(=O)O)C(=O)O)C1. The number of hydrogen-bond donors (Lipinski definition) is 4. The first kappa shape index (κ1) is 16.2. The predicted octanol–water partition coefficient (Wildman–Crippen LogP) is -0.445. The summed E-state index contributed by atoms with van der Waals surface area (Å²) in [7, 11) is 2.01. The van der Waals surface area contributed by atoms with Crippen LogP contribution in [0.1, 0.15) is 19.3 Å². The lowest BCUT2D eigenvalue weighted by atomic mass is 9.99. The zero-order valence-electron chi connectivity index (χ0n) is 11.5.